The van der Waals surface area contributed by atoms with Crippen LogP contribution < -0.4 is 10.2 Å². The molecule has 0 radical (unpaired) electrons. The molecule has 1 aliphatic rings. The number of hydrogen-bond donors (Lipinski definition) is 1. The summed E-state index contributed by atoms with van der Waals surface area (Å²) in [6, 6.07) is 6.15. The van der Waals surface area contributed by atoms with Crippen molar-refractivity contribution in [2.45, 2.75) is 32.0 Å². The Morgan fingerprint density at radius 1 is 1.32 bits per heavy atom. The summed E-state index contributed by atoms with van der Waals surface area (Å²) in [5.41, 5.74) is 3.59. The van der Waals surface area contributed by atoms with Crippen molar-refractivity contribution >= 4 is 5.69 Å². The van der Waals surface area contributed by atoms with E-state index in [2.05, 4.69) is 29.4 Å². The molecule has 1 N–H and O–H groups in total. The van der Waals surface area contributed by atoms with Crippen LogP contribution in [0.25, 0.3) is 0 Å². The number of nitrogens with one attached hydrogen (secondary N) is 1. The van der Waals surface area contributed by atoms with Crippen LogP contribution in [-0.2, 0) is 13.0 Å². The van der Waals surface area contributed by atoms with Crippen molar-refractivity contribution in [1.29, 1.82) is 0 Å². The molecule has 0 bridgehead atoms. The van der Waals surface area contributed by atoms with E-state index in [1.807, 2.05) is 6.07 Å². The normalized spacial score (nSPS) is 15.5. The first kappa shape index (κ1) is 14.2. The molecule has 5 heteroatoms. The molecule has 0 amide bonds. The van der Waals surface area contributed by atoms with Crippen LogP contribution in [0.4, 0.5) is 18.9 Å². The van der Waals surface area contributed by atoms with Crippen molar-refractivity contribution in [1.82, 2.24) is 5.32 Å². The second-order valence-corrected chi connectivity index (χ2v) is 5.03. The van der Waals surface area contributed by atoms with Gasteiger partial charge in [-0.25, -0.2) is 0 Å². The maximum absolute atomic E-state index is 12.0. The lowest BCUT2D eigenvalue weighted by Crippen LogP contribution is -2.25. The summed E-state index contributed by atoms with van der Waals surface area (Å²) < 4.78 is 36.0. The van der Waals surface area contributed by atoms with Gasteiger partial charge in [0, 0.05) is 32.4 Å². The molecule has 0 saturated heterocycles. The van der Waals surface area contributed by atoms with Crippen LogP contribution in [0.2, 0.25) is 0 Å². The van der Waals surface area contributed by atoms with Crippen LogP contribution in [0, 0.1) is 0 Å². The average molecular weight is 272 g/mol. The van der Waals surface area contributed by atoms with E-state index in [0.29, 0.717) is 6.54 Å². The predicted octanol–water partition coefficient (Wildman–Crippen LogP) is 3.11. The number of anilines is 1. The predicted molar refractivity (Wildman–Crippen MR) is 70.4 cm³/mol. The summed E-state index contributed by atoms with van der Waals surface area (Å²) in [6.45, 7) is 1.53. The Labute approximate surface area is 111 Å². The van der Waals surface area contributed by atoms with E-state index in [-0.39, 0.29) is 6.54 Å². The molecule has 0 aliphatic carbocycles. The maximum atomic E-state index is 12.0. The number of fused-ring (bicyclic) bond motifs is 1. The zero-order valence-corrected chi connectivity index (χ0v) is 11.1. The van der Waals surface area contributed by atoms with Crippen molar-refractivity contribution in [3.8, 4) is 0 Å². The lowest BCUT2D eigenvalue weighted by molar-refractivity contribution is -0.133. The van der Waals surface area contributed by atoms with Crippen LogP contribution in [0.15, 0.2) is 18.2 Å². The Bertz CT molecular complexity index is 429. The van der Waals surface area contributed by atoms with Gasteiger partial charge in [-0.15, -0.1) is 0 Å². The molecule has 0 unspecified atom stereocenters. The lowest BCUT2D eigenvalue weighted by Gasteiger charge is -2.27. The van der Waals surface area contributed by atoms with Crippen molar-refractivity contribution < 1.29 is 13.2 Å². The van der Waals surface area contributed by atoms with E-state index in [1.54, 1.807) is 0 Å². The van der Waals surface area contributed by atoms with Crippen LogP contribution in [-0.4, -0.2) is 26.3 Å². The van der Waals surface area contributed by atoms with Crippen LogP contribution in [0.1, 0.15) is 24.0 Å². The summed E-state index contributed by atoms with van der Waals surface area (Å²) >= 11 is 0. The smallest absolute Gasteiger partial charge is 0.374 e. The molecule has 1 aromatic carbocycles. The zero-order chi connectivity index (χ0) is 13.9. The van der Waals surface area contributed by atoms with Crippen molar-refractivity contribution in [3.05, 3.63) is 29.3 Å². The van der Waals surface area contributed by atoms with Crippen molar-refractivity contribution in [2.24, 2.45) is 0 Å². The summed E-state index contributed by atoms with van der Waals surface area (Å²) in [4.78, 5) is 2.22. The summed E-state index contributed by atoms with van der Waals surface area (Å²) in [6.07, 6.45) is -2.67. The molecule has 19 heavy (non-hydrogen) atoms. The second kappa shape index (κ2) is 5.82. The van der Waals surface area contributed by atoms with Gasteiger partial charge in [0.2, 0.25) is 0 Å². The minimum Gasteiger partial charge on any atom is -0.374 e. The number of aryl methyl sites for hydroxylation is 1. The van der Waals surface area contributed by atoms with E-state index in [4.69, 9.17) is 0 Å². The highest BCUT2D eigenvalue weighted by Crippen LogP contribution is 2.26. The highest BCUT2D eigenvalue weighted by molar-refractivity contribution is 5.56. The number of alkyl halides is 3. The topological polar surface area (TPSA) is 15.3 Å². The lowest BCUT2D eigenvalue weighted by atomic mass is 9.99. The second-order valence-electron chi connectivity index (χ2n) is 5.03. The number of halogens is 3. The van der Waals surface area contributed by atoms with Crippen LogP contribution >= 0.6 is 0 Å². The molecule has 1 aromatic rings. The van der Waals surface area contributed by atoms with Crippen LogP contribution in [0.5, 0.6) is 0 Å². The van der Waals surface area contributed by atoms with Crippen molar-refractivity contribution in [2.75, 3.05) is 25.0 Å². The fourth-order valence-electron chi connectivity index (χ4n) is 2.41. The molecule has 106 valence electrons. The standard InChI is InChI=1S/C14H19F3N2/c1-19-8-2-3-12-9-11(4-5-13(12)19)10-18-7-6-14(15,16)17/h4-5,9,18H,2-3,6-8,10H2,1H3. The molecule has 0 spiro atoms. The Hall–Kier alpha value is -1.23. The third-order valence-electron chi connectivity index (χ3n) is 3.41. The third-order valence-corrected chi connectivity index (χ3v) is 3.41. The Morgan fingerprint density at radius 3 is 2.84 bits per heavy atom. The van der Waals surface area contributed by atoms with Gasteiger partial charge < -0.3 is 10.2 Å². The van der Waals surface area contributed by atoms with Gasteiger partial charge in [0.15, 0.2) is 0 Å². The summed E-state index contributed by atoms with van der Waals surface area (Å²) in [7, 11) is 2.07. The SMILES string of the molecule is CN1CCCc2cc(CNCCC(F)(F)F)ccc21. The molecule has 0 saturated carbocycles. The fraction of sp³-hybridized carbons (Fsp3) is 0.571. The summed E-state index contributed by atoms with van der Waals surface area (Å²) in [5.74, 6) is 0. The number of rotatable bonds is 4. The Morgan fingerprint density at radius 2 is 2.11 bits per heavy atom. The van der Waals surface area contributed by atoms with Gasteiger partial charge in [-0.05, 0) is 30.0 Å². The van der Waals surface area contributed by atoms with Gasteiger partial charge in [0.25, 0.3) is 0 Å². The minimum atomic E-state index is -4.08. The largest absolute Gasteiger partial charge is 0.390 e. The van der Waals surface area contributed by atoms with Gasteiger partial charge in [-0.1, -0.05) is 12.1 Å². The highest BCUT2D eigenvalue weighted by Gasteiger charge is 2.25. The van der Waals surface area contributed by atoms with E-state index < -0.39 is 12.6 Å². The molecule has 1 heterocycles. The molecule has 2 rings (SSSR count). The molecular formula is C14H19F3N2. The Kier molecular flexibility index (Phi) is 4.34. The molecule has 1 aliphatic heterocycles. The highest BCUT2D eigenvalue weighted by atomic mass is 19.4. The fourth-order valence-corrected chi connectivity index (χ4v) is 2.41. The van der Waals surface area contributed by atoms with E-state index in [0.717, 1.165) is 24.9 Å². The van der Waals surface area contributed by atoms with E-state index in [1.165, 1.54) is 11.3 Å². The van der Waals surface area contributed by atoms with Gasteiger partial charge in [0.05, 0.1) is 6.42 Å². The zero-order valence-electron chi connectivity index (χ0n) is 11.1. The molecule has 0 fully saturated rings. The van der Waals surface area contributed by atoms with Crippen molar-refractivity contribution in [3.63, 3.8) is 0 Å². The summed E-state index contributed by atoms with van der Waals surface area (Å²) in [5, 5.41) is 2.84. The first-order chi connectivity index (χ1) is 8.96. The van der Waals surface area contributed by atoms with Gasteiger partial charge in [0.1, 0.15) is 0 Å². The average Bonchev–Trinajstić information content (AvgIpc) is 2.34. The Balaban J connectivity index is 1.88. The maximum Gasteiger partial charge on any atom is 0.390 e. The third kappa shape index (κ3) is 4.13. The van der Waals surface area contributed by atoms with Gasteiger partial charge in [-0.2, -0.15) is 13.2 Å². The molecule has 2 nitrogen and oxygen atoms in total. The van der Waals surface area contributed by atoms with E-state index in [9.17, 15) is 13.2 Å². The molecular weight excluding hydrogens is 253 g/mol. The first-order valence-corrected chi connectivity index (χ1v) is 6.56. The van der Waals surface area contributed by atoms with Gasteiger partial charge in [-0.3, -0.25) is 0 Å². The number of nitrogens with zero attached hydrogens (tertiary/aromatic N) is 1. The molecule has 0 aromatic heterocycles. The molecule has 0 atom stereocenters. The number of benzene rings is 1. The van der Waals surface area contributed by atoms with E-state index >= 15 is 0 Å². The monoisotopic (exact) mass is 272 g/mol. The van der Waals surface area contributed by atoms with Crippen LogP contribution in [0.3, 0.4) is 0 Å². The quantitative estimate of drug-likeness (QED) is 0.847. The first-order valence-electron chi connectivity index (χ1n) is 6.56. The minimum absolute atomic E-state index is 0.0273. The number of hydrogen-bond acceptors (Lipinski definition) is 2. The van der Waals surface area contributed by atoms with Gasteiger partial charge >= 0.3 is 6.18 Å².